The molecule has 0 saturated carbocycles. The van der Waals surface area contributed by atoms with Gasteiger partial charge < -0.3 is 9.80 Å². The van der Waals surface area contributed by atoms with Crippen LogP contribution in [0.4, 0.5) is 34.1 Å². The van der Waals surface area contributed by atoms with Crippen LogP contribution < -0.4 is 9.80 Å². The Hall–Kier alpha value is -6.72. The van der Waals surface area contributed by atoms with Crippen LogP contribution in [0.2, 0.25) is 0 Å². The molecule has 0 amide bonds. The smallest absolute Gasteiger partial charge is 0.0601 e. The standard InChI is InChI=1S/C55H36N2S2/c1-35-14-12-17-37(32-35)54-42-30-28-39(57-48-22-6-10-26-52(48)59-53-27-11-7-23-49(53)57)34-45(42)55(41-19-13-16-36-15-2-3-18-40(36)41)43-31-29-38(33-44(43)54)56-46-20-4-8-24-50(46)58-51-25-9-5-21-47(51)56/h2-34H,1H3. The first kappa shape index (κ1) is 34.3. The van der Waals surface area contributed by atoms with Gasteiger partial charge in [-0.05, 0) is 134 Å². The van der Waals surface area contributed by atoms with Gasteiger partial charge in [0, 0.05) is 31.0 Å². The molecule has 0 atom stereocenters. The van der Waals surface area contributed by atoms with Crippen molar-refractivity contribution in [3.8, 4) is 22.3 Å². The van der Waals surface area contributed by atoms with Crippen LogP contribution in [0, 0.1) is 6.92 Å². The highest BCUT2D eigenvalue weighted by Gasteiger charge is 2.28. The van der Waals surface area contributed by atoms with E-state index >= 15 is 0 Å². The fraction of sp³-hybridized carbons (Fsp3) is 0.0182. The van der Waals surface area contributed by atoms with E-state index in [2.05, 4.69) is 217 Å². The van der Waals surface area contributed by atoms with E-state index < -0.39 is 0 Å². The third-order valence-electron chi connectivity index (χ3n) is 11.8. The first-order valence-corrected chi connectivity index (χ1v) is 21.7. The largest absolute Gasteiger partial charge is 0.308 e. The molecule has 278 valence electrons. The van der Waals surface area contributed by atoms with Crippen LogP contribution in [-0.4, -0.2) is 0 Å². The van der Waals surface area contributed by atoms with Crippen molar-refractivity contribution >= 4 is 90.0 Å². The summed E-state index contributed by atoms with van der Waals surface area (Å²) in [6.07, 6.45) is 0. The number of hydrogen-bond acceptors (Lipinski definition) is 4. The van der Waals surface area contributed by atoms with Gasteiger partial charge in [-0.15, -0.1) is 0 Å². The summed E-state index contributed by atoms with van der Waals surface area (Å²) in [5, 5.41) is 7.40. The maximum atomic E-state index is 2.46. The molecule has 4 heteroatoms. The summed E-state index contributed by atoms with van der Waals surface area (Å²) in [4.78, 5) is 9.93. The fourth-order valence-corrected chi connectivity index (χ4v) is 11.4. The minimum atomic E-state index is 1.14. The predicted molar refractivity (Wildman–Crippen MR) is 252 cm³/mol. The summed E-state index contributed by atoms with van der Waals surface area (Å²) in [5.41, 5.74) is 13.3. The molecule has 0 aromatic heterocycles. The van der Waals surface area contributed by atoms with Crippen LogP contribution in [0.15, 0.2) is 220 Å². The van der Waals surface area contributed by atoms with Crippen LogP contribution in [0.5, 0.6) is 0 Å². The summed E-state index contributed by atoms with van der Waals surface area (Å²) in [5.74, 6) is 0. The van der Waals surface area contributed by atoms with Crippen molar-refractivity contribution < 1.29 is 0 Å². The highest BCUT2D eigenvalue weighted by molar-refractivity contribution is 8.00. The Balaban J connectivity index is 1.21. The Morgan fingerprint density at radius 3 is 1.36 bits per heavy atom. The maximum Gasteiger partial charge on any atom is 0.0601 e. The number of fused-ring (bicyclic) bond motifs is 7. The summed E-state index contributed by atoms with van der Waals surface area (Å²) in [6.45, 7) is 2.20. The van der Waals surface area contributed by atoms with Crippen molar-refractivity contribution in [3.63, 3.8) is 0 Å². The zero-order valence-corrected chi connectivity index (χ0v) is 33.9. The molecule has 2 heterocycles. The van der Waals surface area contributed by atoms with Gasteiger partial charge in [0.15, 0.2) is 0 Å². The summed E-state index contributed by atoms with van der Waals surface area (Å²) >= 11 is 3.69. The topological polar surface area (TPSA) is 6.48 Å². The number of hydrogen-bond donors (Lipinski definition) is 0. The molecule has 10 aromatic rings. The molecule has 0 aliphatic carbocycles. The molecule has 59 heavy (non-hydrogen) atoms. The zero-order valence-electron chi connectivity index (χ0n) is 32.3. The van der Waals surface area contributed by atoms with E-state index in [-0.39, 0.29) is 0 Å². The highest BCUT2D eigenvalue weighted by Crippen LogP contribution is 2.55. The lowest BCUT2D eigenvalue weighted by Crippen LogP contribution is -2.15. The van der Waals surface area contributed by atoms with Crippen molar-refractivity contribution in [2.24, 2.45) is 0 Å². The molecule has 0 spiro atoms. The maximum absolute atomic E-state index is 2.46. The van der Waals surface area contributed by atoms with Crippen molar-refractivity contribution in [1.82, 2.24) is 0 Å². The van der Waals surface area contributed by atoms with Gasteiger partial charge in [0.1, 0.15) is 0 Å². The van der Waals surface area contributed by atoms with Crippen molar-refractivity contribution in [3.05, 3.63) is 206 Å². The summed E-state index contributed by atoms with van der Waals surface area (Å²) in [7, 11) is 0. The molecule has 0 N–H and O–H groups in total. The Morgan fingerprint density at radius 2 is 0.797 bits per heavy atom. The first-order chi connectivity index (χ1) is 29.2. The monoisotopic (exact) mass is 788 g/mol. The lowest BCUT2D eigenvalue weighted by Gasteiger charge is -2.34. The van der Waals surface area contributed by atoms with E-state index in [1.807, 2.05) is 23.5 Å². The Labute approximate surface area is 352 Å². The molecule has 0 bridgehead atoms. The zero-order chi connectivity index (χ0) is 39.0. The van der Waals surface area contributed by atoms with Crippen molar-refractivity contribution in [2.45, 2.75) is 26.5 Å². The number of para-hydroxylation sites is 4. The lowest BCUT2D eigenvalue weighted by atomic mass is 9.84. The van der Waals surface area contributed by atoms with E-state index in [9.17, 15) is 0 Å². The number of anilines is 6. The average molecular weight is 789 g/mol. The molecule has 12 rings (SSSR count). The summed E-state index contributed by atoms with van der Waals surface area (Å²) < 4.78 is 0. The highest BCUT2D eigenvalue weighted by atomic mass is 32.2. The molecule has 0 saturated heterocycles. The fourth-order valence-electron chi connectivity index (χ4n) is 9.29. The van der Waals surface area contributed by atoms with E-state index in [0.717, 1.165) is 11.4 Å². The van der Waals surface area contributed by atoms with Gasteiger partial charge in [-0.3, -0.25) is 0 Å². The SMILES string of the molecule is Cc1cccc(-c2c3cc(N4c5ccccc5Sc5ccccc54)ccc3c(-c3cccc4ccccc34)c3cc(N4c5ccccc5Sc5ccccc54)ccc23)c1. The third-order valence-corrected chi connectivity index (χ3v) is 14.1. The number of rotatable bonds is 4. The molecule has 0 radical (unpaired) electrons. The van der Waals surface area contributed by atoms with Gasteiger partial charge in [0.2, 0.25) is 0 Å². The Bertz CT molecular complexity index is 3240. The molecular formula is C55H36N2S2. The minimum absolute atomic E-state index is 1.14. The first-order valence-electron chi connectivity index (χ1n) is 20.1. The molecule has 0 fully saturated rings. The van der Waals surface area contributed by atoms with Gasteiger partial charge >= 0.3 is 0 Å². The van der Waals surface area contributed by atoms with Crippen molar-refractivity contribution in [1.29, 1.82) is 0 Å². The molecular weight excluding hydrogens is 753 g/mol. The number of aryl methyl sites for hydroxylation is 1. The van der Waals surface area contributed by atoms with Crippen LogP contribution in [0.1, 0.15) is 5.56 Å². The predicted octanol–water partition coefficient (Wildman–Crippen LogP) is 16.7. The van der Waals surface area contributed by atoms with Gasteiger partial charge in [0.05, 0.1) is 22.7 Å². The van der Waals surface area contributed by atoms with Gasteiger partial charge in [-0.2, -0.15) is 0 Å². The van der Waals surface area contributed by atoms with Gasteiger partial charge in [-0.1, -0.05) is 156 Å². The van der Waals surface area contributed by atoms with E-state index in [1.165, 1.54) is 102 Å². The quantitative estimate of drug-likeness (QED) is 0.164. The van der Waals surface area contributed by atoms with Crippen molar-refractivity contribution in [2.75, 3.05) is 9.80 Å². The van der Waals surface area contributed by atoms with Gasteiger partial charge in [-0.25, -0.2) is 0 Å². The Kier molecular flexibility index (Phi) is 7.97. The third kappa shape index (κ3) is 5.51. The minimum Gasteiger partial charge on any atom is -0.308 e. The normalized spacial score (nSPS) is 13.0. The molecule has 2 nitrogen and oxygen atoms in total. The van der Waals surface area contributed by atoms with Crippen LogP contribution in [-0.2, 0) is 0 Å². The second-order valence-corrected chi connectivity index (χ2v) is 17.5. The van der Waals surface area contributed by atoms with E-state index in [0.29, 0.717) is 0 Å². The second kappa shape index (κ2) is 13.7. The molecule has 0 unspecified atom stereocenters. The number of nitrogens with zero attached hydrogens (tertiary/aromatic N) is 2. The molecule has 2 aliphatic rings. The van der Waals surface area contributed by atoms with Crippen LogP contribution in [0.3, 0.4) is 0 Å². The van der Waals surface area contributed by atoms with Gasteiger partial charge in [0.25, 0.3) is 0 Å². The molecule has 2 aliphatic heterocycles. The second-order valence-electron chi connectivity index (χ2n) is 15.4. The van der Waals surface area contributed by atoms with Crippen LogP contribution in [0.25, 0.3) is 54.6 Å². The average Bonchev–Trinajstić information content (AvgIpc) is 3.28. The number of benzene rings is 10. The molecule has 10 aromatic carbocycles. The summed E-state index contributed by atoms with van der Waals surface area (Å²) in [6, 6.07) is 74.2. The lowest BCUT2D eigenvalue weighted by molar-refractivity contribution is 1.17. The Morgan fingerprint density at radius 1 is 0.339 bits per heavy atom. The van der Waals surface area contributed by atoms with Crippen LogP contribution >= 0.6 is 23.5 Å². The van der Waals surface area contributed by atoms with E-state index in [4.69, 9.17) is 0 Å². The van der Waals surface area contributed by atoms with E-state index in [1.54, 1.807) is 0 Å².